The quantitative estimate of drug-likeness (QED) is 0.765. The molecule has 1 aromatic rings. The Bertz CT molecular complexity index is 303. The second-order valence-corrected chi connectivity index (χ2v) is 3.84. The molecule has 1 unspecified atom stereocenters. The van der Waals surface area contributed by atoms with Crippen LogP contribution in [0.25, 0.3) is 0 Å². The van der Waals surface area contributed by atoms with Gasteiger partial charge in [0, 0.05) is 20.3 Å². The van der Waals surface area contributed by atoms with Gasteiger partial charge in [-0.25, -0.2) is 0 Å². The van der Waals surface area contributed by atoms with Gasteiger partial charge in [-0.1, -0.05) is 0 Å². The Balaban J connectivity index is 2.01. The highest BCUT2D eigenvalue weighted by Crippen LogP contribution is 2.17. The van der Waals surface area contributed by atoms with E-state index >= 15 is 0 Å². The van der Waals surface area contributed by atoms with E-state index < -0.39 is 0 Å². The van der Waals surface area contributed by atoms with Gasteiger partial charge < -0.3 is 9.84 Å². The van der Waals surface area contributed by atoms with Gasteiger partial charge in [-0.3, -0.25) is 4.68 Å². The molecule has 0 aromatic carbocycles. The Hall–Kier alpha value is -0.870. The Kier molecular flexibility index (Phi) is 2.84. The fourth-order valence-corrected chi connectivity index (χ4v) is 1.86. The van der Waals surface area contributed by atoms with Crippen LogP contribution in [0.4, 0.5) is 0 Å². The van der Waals surface area contributed by atoms with E-state index in [1.807, 2.05) is 13.1 Å². The summed E-state index contributed by atoms with van der Waals surface area (Å²) < 4.78 is 7.05. The minimum Gasteiger partial charge on any atom is -0.390 e. The van der Waals surface area contributed by atoms with E-state index in [0.717, 1.165) is 37.4 Å². The van der Waals surface area contributed by atoms with Gasteiger partial charge in [-0.15, -0.1) is 0 Å². The van der Waals surface area contributed by atoms with Gasteiger partial charge in [-0.05, 0) is 24.8 Å². The summed E-state index contributed by atoms with van der Waals surface area (Å²) in [6.07, 6.45) is 2.10. The highest BCUT2D eigenvalue weighted by Gasteiger charge is 2.17. The number of aliphatic hydroxyl groups excluding tert-OH is 1. The molecule has 0 amide bonds. The van der Waals surface area contributed by atoms with Crippen LogP contribution >= 0.6 is 0 Å². The highest BCUT2D eigenvalue weighted by atomic mass is 16.5. The number of hydrogen-bond acceptors (Lipinski definition) is 3. The summed E-state index contributed by atoms with van der Waals surface area (Å²) in [5, 5.41) is 13.4. The smallest absolute Gasteiger partial charge is 0.0849 e. The third kappa shape index (κ3) is 1.96. The molecule has 1 N–H and O–H groups in total. The highest BCUT2D eigenvalue weighted by molar-refractivity contribution is 5.10. The van der Waals surface area contributed by atoms with Gasteiger partial charge in [0.2, 0.25) is 0 Å². The number of ether oxygens (including phenoxy) is 1. The maximum Gasteiger partial charge on any atom is 0.0849 e. The molecule has 1 atom stereocenters. The van der Waals surface area contributed by atoms with Crippen molar-refractivity contribution in [2.24, 2.45) is 13.0 Å². The number of hydrogen-bond donors (Lipinski definition) is 1. The zero-order valence-corrected chi connectivity index (χ0v) is 8.44. The minimum atomic E-state index is 0.0602. The fraction of sp³-hybridized carbons (Fsp3) is 0.700. The summed E-state index contributed by atoms with van der Waals surface area (Å²) in [5.74, 6) is 0.608. The van der Waals surface area contributed by atoms with E-state index in [4.69, 9.17) is 9.84 Å². The molecule has 1 aromatic heterocycles. The first-order chi connectivity index (χ1) is 6.79. The van der Waals surface area contributed by atoms with Crippen molar-refractivity contribution >= 4 is 0 Å². The van der Waals surface area contributed by atoms with Crippen LogP contribution < -0.4 is 0 Å². The third-order valence-electron chi connectivity index (χ3n) is 2.71. The molecule has 1 aliphatic heterocycles. The summed E-state index contributed by atoms with van der Waals surface area (Å²) >= 11 is 0. The van der Waals surface area contributed by atoms with Crippen LogP contribution in [0.15, 0.2) is 6.07 Å². The van der Waals surface area contributed by atoms with E-state index in [-0.39, 0.29) is 6.61 Å². The maximum atomic E-state index is 9.01. The van der Waals surface area contributed by atoms with Gasteiger partial charge in [0.05, 0.1) is 18.0 Å². The number of aliphatic hydroxyl groups is 1. The molecule has 0 saturated carbocycles. The zero-order chi connectivity index (χ0) is 9.97. The average Bonchev–Trinajstić information content (AvgIpc) is 2.76. The molecule has 2 heterocycles. The lowest BCUT2D eigenvalue weighted by atomic mass is 10.0. The molecule has 1 saturated heterocycles. The summed E-state index contributed by atoms with van der Waals surface area (Å²) in [4.78, 5) is 0. The van der Waals surface area contributed by atoms with E-state index in [9.17, 15) is 0 Å². The van der Waals surface area contributed by atoms with Gasteiger partial charge >= 0.3 is 0 Å². The first kappa shape index (κ1) is 9.68. The van der Waals surface area contributed by atoms with Crippen molar-refractivity contribution in [1.82, 2.24) is 9.78 Å². The predicted molar refractivity (Wildman–Crippen MR) is 51.8 cm³/mol. The van der Waals surface area contributed by atoms with Crippen LogP contribution in [0.5, 0.6) is 0 Å². The second kappa shape index (κ2) is 4.11. The van der Waals surface area contributed by atoms with Crippen molar-refractivity contribution in [2.45, 2.75) is 19.4 Å². The van der Waals surface area contributed by atoms with Crippen LogP contribution in [-0.2, 0) is 24.8 Å². The summed E-state index contributed by atoms with van der Waals surface area (Å²) in [5.41, 5.74) is 1.94. The van der Waals surface area contributed by atoms with Crippen molar-refractivity contribution in [3.05, 3.63) is 17.5 Å². The minimum absolute atomic E-state index is 0.0602. The molecule has 1 fully saturated rings. The Labute approximate surface area is 83.5 Å². The van der Waals surface area contributed by atoms with Crippen LogP contribution in [-0.4, -0.2) is 28.1 Å². The monoisotopic (exact) mass is 196 g/mol. The van der Waals surface area contributed by atoms with Gasteiger partial charge in [-0.2, -0.15) is 5.10 Å². The normalized spacial score (nSPS) is 21.7. The third-order valence-corrected chi connectivity index (χ3v) is 2.71. The SMILES string of the molecule is Cn1nc(CC2CCOC2)cc1CO. The number of rotatable bonds is 3. The molecular weight excluding hydrogens is 180 g/mol. The molecule has 4 heteroatoms. The van der Waals surface area contributed by atoms with E-state index in [1.54, 1.807) is 4.68 Å². The summed E-state index contributed by atoms with van der Waals surface area (Å²) in [7, 11) is 1.86. The molecule has 0 radical (unpaired) electrons. The molecule has 4 nitrogen and oxygen atoms in total. The van der Waals surface area contributed by atoms with E-state index in [1.165, 1.54) is 0 Å². The average molecular weight is 196 g/mol. The number of aryl methyl sites for hydroxylation is 1. The lowest BCUT2D eigenvalue weighted by Gasteiger charge is -2.02. The molecule has 78 valence electrons. The molecule has 0 spiro atoms. The first-order valence-electron chi connectivity index (χ1n) is 5.00. The lowest BCUT2D eigenvalue weighted by Crippen LogP contribution is -2.04. The zero-order valence-electron chi connectivity index (χ0n) is 8.44. The second-order valence-electron chi connectivity index (χ2n) is 3.84. The summed E-state index contributed by atoms with van der Waals surface area (Å²) in [6.45, 7) is 1.79. The van der Waals surface area contributed by atoms with E-state index in [2.05, 4.69) is 5.10 Å². The topological polar surface area (TPSA) is 47.3 Å². The lowest BCUT2D eigenvalue weighted by molar-refractivity contribution is 0.185. The molecular formula is C10H16N2O2. The van der Waals surface area contributed by atoms with Crippen LogP contribution in [0, 0.1) is 5.92 Å². The molecule has 0 aliphatic carbocycles. The molecule has 0 bridgehead atoms. The van der Waals surface area contributed by atoms with Crippen molar-refractivity contribution in [3.8, 4) is 0 Å². The van der Waals surface area contributed by atoms with Crippen molar-refractivity contribution in [3.63, 3.8) is 0 Å². The maximum absolute atomic E-state index is 9.01. The summed E-state index contributed by atoms with van der Waals surface area (Å²) in [6, 6.07) is 1.97. The van der Waals surface area contributed by atoms with Crippen LogP contribution in [0.2, 0.25) is 0 Å². The van der Waals surface area contributed by atoms with Crippen LogP contribution in [0.3, 0.4) is 0 Å². The van der Waals surface area contributed by atoms with E-state index in [0.29, 0.717) is 5.92 Å². The fourth-order valence-electron chi connectivity index (χ4n) is 1.86. The van der Waals surface area contributed by atoms with Crippen molar-refractivity contribution in [1.29, 1.82) is 0 Å². The van der Waals surface area contributed by atoms with Crippen molar-refractivity contribution in [2.75, 3.05) is 13.2 Å². The van der Waals surface area contributed by atoms with Crippen molar-refractivity contribution < 1.29 is 9.84 Å². The molecule has 1 aliphatic rings. The first-order valence-corrected chi connectivity index (χ1v) is 5.00. The predicted octanol–water partition coefficient (Wildman–Crippen LogP) is 0.491. The Morgan fingerprint density at radius 3 is 3.14 bits per heavy atom. The number of aromatic nitrogens is 2. The standard InChI is InChI=1S/C10H16N2O2/c1-12-10(6-13)5-9(11-12)4-8-2-3-14-7-8/h5,8,13H,2-4,6-7H2,1H3. The van der Waals surface area contributed by atoms with Gasteiger partial charge in [0.15, 0.2) is 0 Å². The van der Waals surface area contributed by atoms with Gasteiger partial charge in [0.1, 0.15) is 0 Å². The largest absolute Gasteiger partial charge is 0.390 e. The Morgan fingerprint density at radius 2 is 2.57 bits per heavy atom. The Morgan fingerprint density at radius 1 is 1.71 bits per heavy atom. The van der Waals surface area contributed by atoms with Crippen LogP contribution in [0.1, 0.15) is 17.8 Å². The molecule has 2 rings (SSSR count). The van der Waals surface area contributed by atoms with Gasteiger partial charge in [0.25, 0.3) is 0 Å². The molecule has 14 heavy (non-hydrogen) atoms. The number of nitrogens with zero attached hydrogens (tertiary/aromatic N) is 2.